The van der Waals surface area contributed by atoms with Crippen LogP contribution in [0.2, 0.25) is 0 Å². The van der Waals surface area contributed by atoms with Gasteiger partial charge in [-0.05, 0) is 36.8 Å². The Kier molecular flexibility index (Phi) is 4.75. The Morgan fingerprint density at radius 3 is 2.65 bits per heavy atom. The number of hydrogen-bond acceptors (Lipinski definition) is 5. The Morgan fingerprint density at radius 1 is 1.30 bits per heavy atom. The zero-order chi connectivity index (χ0) is 16.3. The van der Waals surface area contributed by atoms with Crippen LogP contribution in [0.1, 0.15) is 11.8 Å². The number of aliphatic hydroxyl groups excluding tert-OH is 1. The van der Waals surface area contributed by atoms with Crippen LogP contribution in [0.15, 0.2) is 41.6 Å². The summed E-state index contributed by atoms with van der Waals surface area (Å²) in [5, 5.41) is 13.5. The van der Waals surface area contributed by atoms with Crippen molar-refractivity contribution in [1.82, 2.24) is 0 Å². The summed E-state index contributed by atoms with van der Waals surface area (Å²) in [6.45, 7) is 3.27. The van der Waals surface area contributed by atoms with Crippen LogP contribution in [0, 0.1) is 11.2 Å². The van der Waals surface area contributed by atoms with Crippen molar-refractivity contribution < 1.29 is 19.1 Å². The van der Waals surface area contributed by atoms with E-state index in [1.165, 1.54) is 12.1 Å². The molecule has 2 aromatic rings. The normalized spacial score (nSPS) is 16.9. The van der Waals surface area contributed by atoms with E-state index in [1.54, 1.807) is 23.5 Å². The summed E-state index contributed by atoms with van der Waals surface area (Å²) in [4.78, 5) is 7.43. The molecular formula is C17H18FNO3S. The molecule has 1 fully saturated rings. The molecule has 1 aromatic carbocycles. The van der Waals surface area contributed by atoms with Gasteiger partial charge in [-0.1, -0.05) is 17.3 Å². The Hall–Kier alpha value is -1.76. The largest absolute Gasteiger partial charge is 0.395 e. The van der Waals surface area contributed by atoms with E-state index in [1.807, 2.05) is 19.1 Å². The van der Waals surface area contributed by atoms with Crippen molar-refractivity contribution in [3.05, 3.63) is 47.1 Å². The van der Waals surface area contributed by atoms with Crippen molar-refractivity contribution in [3.8, 4) is 10.4 Å². The summed E-state index contributed by atoms with van der Waals surface area (Å²) in [5.41, 5.74) is 1.44. The monoisotopic (exact) mass is 335 g/mol. The number of hydrogen-bond donors (Lipinski definition) is 1. The molecule has 0 saturated carbocycles. The molecule has 0 atom stereocenters. The topological polar surface area (TPSA) is 51.0 Å². The number of aliphatic hydroxyl groups is 1. The number of ether oxygens (including phenoxy) is 1. The average molecular weight is 335 g/mol. The van der Waals surface area contributed by atoms with Gasteiger partial charge in [-0.15, -0.1) is 11.3 Å². The van der Waals surface area contributed by atoms with Crippen LogP contribution in [-0.4, -0.2) is 37.2 Å². The number of rotatable bonds is 6. The van der Waals surface area contributed by atoms with Crippen LogP contribution in [-0.2, 0) is 9.57 Å². The molecule has 4 nitrogen and oxygen atoms in total. The third kappa shape index (κ3) is 3.60. The minimum absolute atomic E-state index is 0.0370. The zero-order valence-corrected chi connectivity index (χ0v) is 13.6. The highest BCUT2D eigenvalue weighted by Gasteiger charge is 2.39. The number of thiophene rings is 1. The second kappa shape index (κ2) is 6.78. The minimum atomic E-state index is -0.307. The first-order chi connectivity index (χ1) is 11.1. The maximum absolute atomic E-state index is 13.0. The lowest BCUT2D eigenvalue weighted by atomic mass is 9.88. The lowest BCUT2D eigenvalue weighted by Gasteiger charge is -2.38. The van der Waals surface area contributed by atoms with Gasteiger partial charge < -0.3 is 14.7 Å². The van der Waals surface area contributed by atoms with Crippen LogP contribution >= 0.6 is 11.3 Å². The van der Waals surface area contributed by atoms with Crippen molar-refractivity contribution in [2.45, 2.75) is 6.92 Å². The van der Waals surface area contributed by atoms with E-state index in [4.69, 9.17) is 9.57 Å². The lowest BCUT2D eigenvalue weighted by Crippen LogP contribution is -2.48. The van der Waals surface area contributed by atoms with Gasteiger partial charge in [0.1, 0.15) is 12.4 Å². The molecule has 0 radical (unpaired) electrons. The molecule has 1 aliphatic heterocycles. The molecule has 3 rings (SSSR count). The van der Waals surface area contributed by atoms with Gasteiger partial charge in [-0.2, -0.15) is 0 Å². The quantitative estimate of drug-likeness (QED) is 0.651. The molecule has 1 aromatic heterocycles. The number of benzene rings is 1. The SMILES string of the molecule is C/C(=N/OCC1(CO)COC1)c1ccc(-c2ccc(F)cc2)s1. The molecule has 1 saturated heterocycles. The van der Waals surface area contributed by atoms with E-state index in [2.05, 4.69) is 5.16 Å². The Morgan fingerprint density at radius 2 is 2.04 bits per heavy atom. The summed E-state index contributed by atoms with van der Waals surface area (Å²) < 4.78 is 18.1. The van der Waals surface area contributed by atoms with Crippen LogP contribution in [0.3, 0.4) is 0 Å². The highest BCUT2D eigenvalue weighted by atomic mass is 32.1. The third-order valence-electron chi connectivity index (χ3n) is 3.82. The molecule has 2 heterocycles. The summed E-state index contributed by atoms with van der Waals surface area (Å²) in [6.07, 6.45) is 0. The zero-order valence-electron chi connectivity index (χ0n) is 12.8. The van der Waals surface area contributed by atoms with Gasteiger partial charge in [0.25, 0.3) is 0 Å². The van der Waals surface area contributed by atoms with E-state index >= 15 is 0 Å². The van der Waals surface area contributed by atoms with Gasteiger partial charge in [-0.25, -0.2) is 4.39 Å². The highest BCUT2D eigenvalue weighted by molar-refractivity contribution is 7.17. The minimum Gasteiger partial charge on any atom is -0.395 e. The van der Waals surface area contributed by atoms with Gasteiger partial charge in [0.2, 0.25) is 0 Å². The fourth-order valence-corrected chi connectivity index (χ4v) is 3.17. The van der Waals surface area contributed by atoms with Gasteiger partial charge >= 0.3 is 0 Å². The second-order valence-electron chi connectivity index (χ2n) is 5.77. The maximum Gasteiger partial charge on any atom is 0.129 e. The van der Waals surface area contributed by atoms with Crippen molar-refractivity contribution in [2.24, 2.45) is 10.6 Å². The van der Waals surface area contributed by atoms with Crippen LogP contribution in [0.4, 0.5) is 4.39 Å². The van der Waals surface area contributed by atoms with Crippen molar-refractivity contribution >= 4 is 17.0 Å². The summed E-state index contributed by atoms with van der Waals surface area (Å²) in [5.74, 6) is -0.241. The van der Waals surface area contributed by atoms with Gasteiger partial charge in [0.15, 0.2) is 0 Å². The molecule has 0 spiro atoms. The van der Waals surface area contributed by atoms with Crippen molar-refractivity contribution in [3.63, 3.8) is 0 Å². The number of nitrogens with zero attached hydrogens (tertiary/aromatic N) is 1. The van der Waals surface area contributed by atoms with E-state index in [0.717, 1.165) is 21.0 Å². The average Bonchev–Trinajstić information content (AvgIpc) is 3.00. The summed E-state index contributed by atoms with van der Waals surface area (Å²) in [7, 11) is 0. The lowest BCUT2D eigenvalue weighted by molar-refractivity contribution is -0.168. The van der Waals surface area contributed by atoms with E-state index < -0.39 is 0 Å². The molecule has 0 bridgehead atoms. The van der Waals surface area contributed by atoms with E-state index in [9.17, 15) is 9.50 Å². The Balaban J connectivity index is 1.64. The molecule has 23 heavy (non-hydrogen) atoms. The fourth-order valence-electron chi connectivity index (χ4n) is 2.22. The maximum atomic E-state index is 13.0. The number of oxime groups is 1. The molecule has 6 heteroatoms. The molecular weight excluding hydrogens is 317 g/mol. The fraction of sp³-hybridized carbons (Fsp3) is 0.353. The first kappa shape index (κ1) is 16.1. The highest BCUT2D eigenvalue weighted by Crippen LogP contribution is 2.29. The molecule has 0 unspecified atom stereocenters. The molecule has 0 aliphatic carbocycles. The Bertz CT molecular complexity index is 687. The first-order valence-corrected chi connectivity index (χ1v) is 8.15. The van der Waals surface area contributed by atoms with Gasteiger partial charge in [-0.3, -0.25) is 0 Å². The third-order valence-corrected chi connectivity index (χ3v) is 5.06. The molecule has 1 aliphatic rings. The van der Waals surface area contributed by atoms with Gasteiger partial charge in [0.05, 0.1) is 35.8 Å². The van der Waals surface area contributed by atoms with E-state index in [-0.39, 0.29) is 17.8 Å². The second-order valence-corrected chi connectivity index (χ2v) is 6.86. The molecule has 122 valence electrons. The van der Waals surface area contributed by atoms with Crippen LogP contribution < -0.4 is 0 Å². The van der Waals surface area contributed by atoms with E-state index in [0.29, 0.717) is 19.8 Å². The number of halogens is 1. The van der Waals surface area contributed by atoms with Gasteiger partial charge in [0, 0.05) is 4.88 Å². The van der Waals surface area contributed by atoms with Crippen LogP contribution in [0.25, 0.3) is 10.4 Å². The predicted octanol–water partition coefficient (Wildman–Crippen LogP) is 3.30. The summed E-state index contributed by atoms with van der Waals surface area (Å²) in [6, 6.07) is 10.4. The molecule has 1 N–H and O–H groups in total. The molecule has 0 amide bonds. The standard InChI is InChI=1S/C17H18FNO3S/c1-12(19-22-11-17(8-20)9-21-10-17)15-6-7-16(23-15)13-2-4-14(18)5-3-13/h2-7,20H,8-11H2,1H3/b19-12-. The first-order valence-electron chi connectivity index (χ1n) is 7.33. The summed E-state index contributed by atoms with van der Waals surface area (Å²) >= 11 is 1.58. The predicted molar refractivity (Wildman–Crippen MR) is 88.2 cm³/mol. The smallest absolute Gasteiger partial charge is 0.129 e. The van der Waals surface area contributed by atoms with Crippen LogP contribution in [0.5, 0.6) is 0 Å². The Labute approximate surface area is 138 Å². The van der Waals surface area contributed by atoms with Crippen molar-refractivity contribution in [2.75, 3.05) is 26.4 Å². The van der Waals surface area contributed by atoms with Crippen molar-refractivity contribution in [1.29, 1.82) is 0 Å².